The van der Waals surface area contributed by atoms with Gasteiger partial charge in [0.05, 0.1) is 24.7 Å². The van der Waals surface area contributed by atoms with Gasteiger partial charge in [0.25, 0.3) is 0 Å². The van der Waals surface area contributed by atoms with Crippen LogP contribution >= 0.6 is 0 Å². The van der Waals surface area contributed by atoms with Crippen LogP contribution in [0.25, 0.3) is 0 Å². The maximum atomic E-state index is 12.9. The summed E-state index contributed by atoms with van der Waals surface area (Å²) >= 11 is 0. The second-order valence-corrected chi connectivity index (χ2v) is 9.87. The third-order valence-electron chi connectivity index (χ3n) is 5.58. The van der Waals surface area contributed by atoms with Crippen molar-refractivity contribution in [2.75, 3.05) is 43.5 Å². The average molecular weight is 411 g/mol. The number of fused-ring (bicyclic) bond motifs is 1. The number of aromatic nitrogens is 2. The van der Waals surface area contributed by atoms with E-state index in [0.29, 0.717) is 32.7 Å². The van der Waals surface area contributed by atoms with Gasteiger partial charge in [0.15, 0.2) is 0 Å². The first-order valence-corrected chi connectivity index (χ1v) is 12.3. The van der Waals surface area contributed by atoms with Gasteiger partial charge in [0.2, 0.25) is 10.0 Å². The molecule has 8 heteroatoms. The van der Waals surface area contributed by atoms with Crippen molar-refractivity contribution in [1.29, 1.82) is 0 Å². The van der Waals surface area contributed by atoms with Crippen molar-refractivity contribution in [2.45, 2.75) is 65.3 Å². The Labute approximate surface area is 169 Å². The molecule has 0 N–H and O–H groups in total. The highest BCUT2D eigenvalue weighted by molar-refractivity contribution is 7.89. The molecule has 3 rings (SSSR count). The maximum Gasteiger partial charge on any atom is 0.214 e. The van der Waals surface area contributed by atoms with Crippen LogP contribution in [0.5, 0.6) is 0 Å². The Morgan fingerprint density at radius 2 is 1.71 bits per heavy atom. The predicted molar refractivity (Wildman–Crippen MR) is 111 cm³/mol. The highest BCUT2D eigenvalue weighted by Crippen LogP contribution is 2.29. The Kier molecular flexibility index (Phi) is 7.65. The van der Waals surface area contributed by atoms with Gasteiger partial charge < -0.3 is 9.64 Å². The van der Waals surface area contributed by atoms with E-state index in [1.807, 2.05) is 6.92 Å². The summed E-state index contributed by atoms with van der Waals surface area (Å²) in [6.45, 7) is 7.93. The summed E-state index contributed by atoms with van der Waals surface area (Å²) in [4.78, 5) is 11.5. The van der Waals surface area contributed by atoms with E-state index in [0.717, 1.165) is 55.3 Å². The van der Waals surface area contributed by atoms with Gasteiger partial charge in [0, 0.05) is 38.2 Å². The zero-order valence-electron chi connectivity index (χ0n) is 17.3. The first-order chi connectivity index (χ1) is 13.5. The molecular formula is C20H34N4O3S. The Morgan fingerprint density at radius 3 is 2.46 bits per heavy atom. The van der Waals surface area contributed by atoms with Gasteiger partial charge in [-0.25, -0.2) is 18.4 Å². The van der Waals surface area contributed by atoms with Crippen molar-refractivity contribution in [2.24, 2.45) is 0 Å². The van der Waals surface area contributed by atoms with Crippen molar-refractivity contribution < 1.29 is 13.2 Å². The monoisotopic (exact) mass is 410 g/mol. The topological polar surface area (TPSA) is 75.6 Å². The predicted octanol–water partition coefficient (Wildman–Crippen LogP) is 2.67. The van der Waals surface area contributed by atoms with Crippen molar-refractivity contribution in [3.05, 3.63) is 17.1 Å². The highest BCUT2D eigenvalue weighted by Gasteiger charge is 2.31. The van der Waals surface area contributed by atoms with E-state index in [1.54, 1.807) is 4.31 Å². The molecule has 0 aromatic carbocycles. The summed E-state index contributed by atoms with van der Waals surface area (Å²) in [5.41, 5.74) is 1.98. The lowest BCUT2D eigenvalue weighted by Crippen LogP contribution is -2.41. The van der Waals surface area contributed by atoms with Gasteiger partial charge in [-0.05, 0) is 13.3 Å². The number of rotatable bonds is 9. The van der Waals surface area contributed by atoms with Crippen molar-refractivity contribution in [1.82, 2.24) is 14.3 Å². The van der Waals surface area contributed by atoms with Gasteiger partial charge in [-0.3, -0.25) is 0 Å². The fourth-order valence-corrected chi connectivity index (χ4v) is 5.48. The Morgan fingerprint density at radius 1 is 1.00 bits per heavy atom. The maximum absolute atomic E-state index is 12.9. The van der Waals surface area contributed by atoms with Crippen LogP contribution in [0.15, 0.2) is 0 Å². The minimum absolute atomic E-state index is 0.244. The molecule has 0 spiro atoms. The first kappa shape index (κ1) is 21.5. The molecule has 7 nitrogen and oxygen atoms in total. The molecule has 1 aromatic rings. The third-order valence-corrected chi connectivity index (χ3v) is 7.48. The number of anilines is 1. The van der Waals surface area contributed by atoms with Gasteiger partial charge in [-0.15, -0.1) is 0 Å². The van der Waals surface area contributed by atoms with E-state index < -0.39 is 10.0 Å². The molecule has 158 valence electrons. The standard InChI is InChI=1S/C20H34N4O3S/c1-3-4-5-6-7-8-15-28(25,26)24-10-9-19-18(16-24)20(22-17(2)21-19)23-11-13-27-14-12-23/h3-16H2,1-2H3. The molecule has 0 aliphatic carbocycles. The molecule has 2 aliphatic heterocycles. The SMILES string of the molecule is CCCCCCCCS(=O)(=O)N1CCc2nc(C)nc(N3CCOCC3)c2C1. The summed E-state index contributed by atoms with van der Waals surface area (Å²) in [6.07, 6.45) is 7.17. The second-order valence-electron chi connectivity index (χ2n) is 7.79. The fourth-order valence-electron chi connectivity index (χ4n) is 3.96. The Bertz CT molecular complexity index is 748. The molecule has 1 fully saturated rings. The number of aryl methyl sites for hydroxylation is 1. The van der Waals surface area contributed by atoms with Gasteiger partial charge in [-0.2, -0.15) is 4.31 Å². The first-order valence-electron chi connectivity index (χ1n) is 10.7. The van der Waals surface area contributed by atoms with E-state index in [1.165, 1.54) is 19.3 Å². The number of sulfonamides is 1. The van der Waals surface area contributed by atoms with Crippen molar-refractivity contribution in [3.63, 3.8) is 0 Å². The van der Waals surface area contributed by atoms with Crippen LogP contribution in [0.4, 0.5) is 5.82 Å². The molecule has 0 radical (unpaired) electrons. The molecule has 28 heavy (non-hydrogen) atoms. The summed E-state index contributed by atoms with van der Waals surface area (Å²) in [5, 5.41) is 0. The molecule has 0 atom stereocenters. The minimum Gasteiger partial charge on any atom is -0.378 e. The lowest BCUT2D eigenvalue weighted by Gasteiger charge is -2.34. The molecule has 0 amide bonds. The minimum atomic E-state index is -3.24. The molecule has 0 saturated carbocycles. The van der Waals surface area contributed by atoms with Gasteiger partial charge >= 0.3 is 0 Å². The quantitative estimate of drug-likeness (QED) is 0.583. The summed E-state index contributed by atoms with van der Waals surface area (Å²) in [5.74, 6) is 1.89. The average Bonchev–Trinajstić information content (AvgIpc) is 2.70. The molecule has 1 aromatic heterocycles. The fraction of sp³-hybridized carbons (Fsp3) is 0.800. The van der Waals surface area contributed by atoms with Crippen LogP contribution in [-0.2, 0) is 27.7 Å². The Hall–Kier alpha value is -1.25. The van der Waals surface area contributed by atoms with Crippen LogP contribution in [0, 0.1) is 6.92 Å². The van der Waals surface area contributed by atoms with E-state index >= 15 is 0 Å². The van der Waals surface area contributed by atoms with Crippen LogP contribution in [-0.4, -0.2) is 61.3 Å². The number of hydrogen-bond donors (Lipinski definition) is 0. The normalized spacial score (nSPS) is 18.3. The van der Waals surface area contributed by atoms with E-state index in [4.69, 9.17) is 4.74 Å². The molecule has 0 unspecified atom stereocenters. The molecule has 3 heterocycles. The Balaban J connectivity index is 1.67. The van der Waals surface area contributed by atoms with Crippen LogP contribution in [0.2, 0.25) is 0 Å². The second kappa shape index (κ2) is 9.98. The molecule has 0 bridgehead atoms. The highest BCUT2D eigenvalue weighted by atomic mass is 32.2. The lowest BCUT2D eigenvalue weighted by molar-refractivity contribution is 0.122. The van der Waals surface area contributed by atoms with E-state index in [-0.39, 0.29) is 5.75 Å². The zero-order valence-corrected chi connectivity index (χ0v) is 18.1. The summed E-state index contributed by atoms with van der Waals surface area (Å²) in [7, 11) is -3.24. The zero-order chi connectivity index (χ0) is 20.0. The smallest absolute Gasteiger partial charge is 0.214 e. The largest absolute Gasteiger partial charge is 0.378 e. The van der Waals surface area contributed by atoms with E-state index in [9.17, 15) is 8.42 Å². The van der Waals surface area contributed by atoms with Crippen LogP contribution in [0.1, 0.15) is 62.5 Å². The van der Waals surface area contributed by atoms with Crippen molar-refractivity contribution >= 4 is 15.8 Å². The number of ether oxygens (including phenoxy) is 1. The van der Waals surface area contributed by atoms with Gasteiger partial charge in [0.1, 0.15) is 11.6 Å². The van der Waals surface area contributed by atoms with Crippen LogP contribution < -0.4 is 4.90 Å². The molecular weight excluding hydrogens is 376 g/mol. The number of hydrogen-bond acceptors (Lipinski definition) is 6. The lowest BCUT2D eigenvalue weighted by atomic mass is 10.1. The van der Waals surface area contributed by atoms with Crippen LogP contribution in [0.3, 0.4) is 0 Å². The number of unbranched alkanes of at least 4 members (excludes halogenated alkanes) is 5. The summed E-state index contributed by atoms with van der Waals surface area (Å²) < 4.78 is 32.9. The van der Waals surface area contributed by atoms with E-state index in [2.05, 4.69) is 21.8 Å². The molecule has 2 aliphatic rings. The third kappa shape index (κ3) is 5.42. The van der Waals surface area contributed by atoms with Gasteiger partial charge in [-0.1, -0.05) is 39.0 Å². The molecule has 1 saturated heterocycles. The number of nitrogens with zero attached hydrogens (tertiary/aromatic N) is 4. The summed E-state index contributed by atoms with van der Waals surface area (Å²) in [6, 6.07) is 0. The number of morpholine rings is 1. The van der Waals surface area contributed by atoms with Crippen molar-refractivity contribution in [3.8, 4) is 0 Å².